The molecule has 1 spiro atoms. The number of aliphatic hydroxyl groups is 1. The second-order valence-corrected chi connectivity index (χ2v) is 10.8. The number of allylic oxidation sites excluding steroid dienone is 2. The van der Waals surface area contributed by atoms with E-state index in [1.165, 1.54) is 5.57 Å². The minimum absolute atomic E-state index is 0.0337. The van der Waals surface area contributed by atoms with E-state index < -0.39 is 5.41 Å². The summed E-state index contributed by atoms with van der Waals surface area (Å²) in [5, 5.41) is 10.7. The lowest BCUT2D eigenvalue weighted by molar-refractivity contribution is -0.157. The zero-order valence-corrected chi connectivity index (χ0v) is 18.4. The van der Waals surface area contributed by atoms with Crippen molar-refractivity contribution in [3.8, 4) is 5.75 Å². The van der Waals surface area contributed by atoms with Gasteiger partial charge in [0.1, 0.15) is 5.75 Å². The standard InChI is InChI=1S/C26H32O4/c1-24(2)19-9-12-26-18(15-5-7-17(30-4)8-6-15)13-16(22(28)23(26)29)14-20(26)25(19,3)11-10-21(24)27/h5-8,14,16,18-19,21,27H,9-13H2,1-4H3/t16-,18?,19?,21?,25-,26+/m0/s1. The Labute approximate surface area is 178 Å². The van der Waals surface area contributed by atoms with Crippen LogP contribution in [0.2, 0.25) is 0 Å². The molecule has 0 aromatic heterocycles. The van der Waals surface area contributed by atoms with Gasteiger partial charge in [-0.25, -0.2) is 0 Å². The van der Waals surface area contributed by atoms with Gasteiger partial charge in [-0.3, -0.25) is 9.59 Å². The average molecular weight is 409 g/mol. The fourth-order valence-corrected chi connectivity index (χ4v) is 7.71. The van der Waals surface area contributed by atoms with Crippen molar-refractivity contribution in [1.29, 1.82) is 0 Å². The maximum atomic E-state index is 13.6. The first-order valence-corrected chi connectivity index (χ1v) is 11.3. The first-order valence-electron chi connectivity index (χ1n) is 11.3. The number of carbonyl (C=O) groups excluding carboxylic acids is 2. The van der Waals surface area contributed by atoms with E-state index in [2.05, 4.69) is 39.0 Å². The molecule has 4 heteroatoms. The van der Waals surface area contributed by atoms with Gasteiger partial charge in [-0.15, -0.1) is 0 Å². The van der Waals surface area contributed by atoms with E-state index in [1.807, 2.05) is 12.1 Å². The predicted octanol–water partition coefficient (Wildman–Crippen LogP) is 4.46. The molecule has 6 rings (SSSR count). The van der Waals surface area contributed by atoms with Crippen LogP contribution in [0.4, 0.5) is 0 Å². The molecule has 0 heterocycles. The van der Waals surface area contributed by atoms with E-state index in [9.17, 15) is 14.7 Å². The summed E-state index contributed by atoms with van der Waals surface area (Å²) in [6.07, 6.45) is 5.75. The van der Waals surface area contributed by atoms with E-state index in [0.29, 0.717) is 18.8 Å². The predicted molar refractivity (Wildman–Crippen MR) is 114 cm³/mol. The maximum Gasteiger partial charge on any atom is 0.209 e. The fraction of sp³-hybridized carbons (Fsp3) is 0.615. The number of methoxy groups -OCH3 is 1. The summed E-state index contributed by atoms with van der Waals surface area (Å²) in [4.78, 5) is 26.5. The summed E-state index contributed by atoms with van der Waals surface area (Å²) >= 11 is 0. The molecule has 0 saturated heterocycles. The molecule has 30 heavy (non-hydrogen) atoms. The molecule has 160 valence electrons. The molecule has 0 radical (unpaired) electrons. The molecule has 3 fully saturated rings. The molecule has 1 aromatic rings. The molecule has 2 bridgehead atoms. The van der Waals surface area contributed by atoms with Crippen LogP contribution < -0.4 is 4.74 Å². The summed E-state index contributed by atoms with van der Waals surface area (Å²) in [6.45, 7) is 6.64. The smallest absolute Gasteiger partial charge is 0.209 e. The van der Waals surface area contributed by atoms with E-state index in [1.54, 1.807) is 7.11 Å². The van der Waals surface area contributed by atoms with Crippen LogP contribution >= 0.6 is 0 Å². The Kier molecular flexibility index (Phi) is 4.19. The number of aliphatic hydroxyl groups excluding tert-OH is 1. The van der Waals surface area contributed by atoms with Gasteiger partial charge in [0.2, 0.25) is 11.6 Å². The van der Waals surface area contributed by atoms with E-state index in [-0.39, 0.29) is 40.3 Å². The summed E-state index contributed by atoms with van der Waals surface area (Å²) in [6, 6.07) is 8.04. The molecule has 1 N–H and O–H groups in total. The van der Waals surface area contributed by atoms with Crippen LogP contribution in [0.5, 0.6) is 5.75 Å². The number of ketones is 2. The maximum absolute atomic E-state index is 13.6. The minimum Gasteiger partial charge on any atom is -0.497 e. The Hall–Kier alpha value is -1.94. The highest BCUT2D eigenvalue weighted by Gasteiger charge is 2.68. The van der Waals surface area contributed by atoms with Crippen LogP contribution in [-0.2, 0) is 9.59 Å². The van der Waals surface area contributed by atoms with Crippen molar-refractivity contribution in [1.82, 2.24) is 0 Å². The van der Waals surface area contributed by atoms with Gasteiger partial charge in [0.25, 0.3) is 0 Å². The van der Waals surface area contributed by atoms with E-state index in [4.69, 9.17) is 4.74 Å². The van der Waals surface area contributed by atoms with Gasteiger partial charge >= 0.3 is 0 Å². The lowest BCUT2D eigenvalue weighted by atomic mass is 9.38. The molecular weight excluding hydrogens is 376 g/mol. The zero-order valence-electron chi connectivity index (χ0n) is 18.4. The SMILES string of the molecule is COc1ccc(C2C[C@H]3C=C4[C@]2(CCC2C(C)(C)C(O)CC[C@]42C)C(=O)C3=O)cc1. The normalized spacial score (nSPS) is 41.7. The van der Waals surface area contributed by atoms with Gasteiger partial charge in [-0.05, 0) is 66.5 Å². The van der Waals surface area contributed by atoms with Crippen LogP contribution in [-0.4, -0.2) is 29.9 Å². The zero-order chi connectivity index (χ0) is 21.5. The molecular formula is C26H32O4. The Bertz CT molecular complexity index is 942. The molecule has 3 saturated carbocycles. The van der Waals surface area contributed by atoms with Gasteiger partial charge in [0.15, 0.2) is 0 Å². The first-order chi connectivity index (χ1) is 14.2. The summed E-state index contributed by atoms with van der Waals surface area (Å²) in [7, 11) is 1.65. The minimum atomic E-state index is -0.718. The lowest BCUT2D eigenvalue weighted by Crippen LogP contribution is -2.63. The molecule has 0 amide bonds. The number of carbonyl (C=O) groups is 2. The number of hydrogen-bond acceptors (Lipinski definition) is 4. The third-order valence-corrected chi connectivity index (χ3v) is 9.32. The highest BCUT2D eigenvalue weighted by Crippen LogP contribution is 2.70. The first kappa shape index (κ1) is 20.0. The van der Waals surface area contributed by atoms with E-state index >= 15 is 0 Å². The lowest BCUT2D eigenvalue weighted by Gasteiger charge is -2.65. The van der Waals surface area contributed by atoms with Crippen molar-refractivity contribution in [2.24, 2.45) is 28.1 Å². The third-order valence-electron chi connectivity index (χ3n) is 9.32. The number of hydrogen-bond donors (Lipinski definition) is 1. The van der Waals surface area contributed by atoms with Gasteiger partial charge in [-0.1, -0.05) is 44.6 Å². The molecule has 0 aliphatic heterocycles. The molecule has 5 aliphatic rings. The second kappa shape index (κ2) is 6.29. The van der Waals surface area contributed by atoms with Crippen molar-refractivity contribution >= 4 is 11.6 Å². The topological polar surface area (TPSA) is 63.6 Å². The van der Waals surface area contributed by atoms with Crippen molar-refractivity contribution < 1.29 is 19.4 Å². The molecule has 4 nitrogen and oxygen atoms in total. The number of rotatable bonds is 2. The Morgan fingerprint density at radius 2 is 1.73 bits per heavy atom. The summed E-state index contributed by atoms with van der Waals surface area (Å²) in [5.74, 6) is 0.471. The highest BCUT2D eigenvalue weighted by atomic mass is 16.5. The Morgan fingerprint density at radius 3 is 2.40 bits per heavy atom. The van der Waals surface area contributed by atoms with Crippen LogP contribution in [0.3, 0.4) is 0 Å². The number of Topliss-reactive ketones (excluding diaryl/α,β-unsaturated/α-hetero) is 2. The van der Waals surface area contributed by atoms with Crippen molar-refractivity contribution in [3.05, 3.63) is 41.5 Å². The number of ether oxygens (including phenoxy) is 1. The largest absolute Gasteiger partial charge is 0.497 e. The highest BCUT2D eigenvalue weighted by molar-refractivity contribution is 6.43. The van der Waals surface area contributed by atoms with Crippen LogP contribution in [0.25, 0.3) is 0 Å². The van der Waals surface area contributed by atoms with Gasteiger partial charge in [0, 0.05) is 11.8 Å². The molecule has 6 atom stereocenters. The van der Waals surface area contributed by atoms with Crippen LogP contribution in [0, 0.1) is 28.1 Å². The Morgan fingerprint density at radius 1 is 1.03 bits per heavy atom. The van der Waals surface area contributed by atoms with Gasteiger partial charge in [-0.2, -0.15) is 0 Å². The summed E-state index contributed by atoms with van der Waals surface area (Å²) < 4.78 is 5.33. The van der Waals surface area contributed by atoms with Crippen molar-refractivity contribution in [2.45, 2.75) is 64.9 Å². The Balaban J connectivity index is 1.66. The summed E-state index contributed by atoms with van der Waals surface area (Å²) in [5.41, 5.74) is 1.26. The van der Waals surface area contributed by atoms with Crippen molar-refractivity contribution in [2.75, 3.05) is 7.11 Å². The van der Waals surface area contributed by atoms with Gasteiger partial charge in [0.05, 0.1) is 18.6 Å². The molecule has 1 aromatic carbocycles. The molecule has 5 aliphatic carbocycles. The fourth-order valence-electron chi connectivity index (χ4n) is 7.71. The number of benzene rings is 1. The molecule has 3 unspecified atom stereocenters. The van der Waals surface area contributed by atoms with Crippen LogP contribution in [0.1, 0.15) is 64.4 Å². The van der Waals surface area contributed by atoms with Gasteiger partial charge < -0.3 is 9.84 Å². The van der Waals surface area contributed by atoms with Crippen molar-refractivity contribution in [3.63, 3.8) is 0 Å². The van der Waals surface area contributed by atoms with Crippen LogP contribution in [0.15, 0.2) is 35.9 Å². The van der Waals surface area contributed by atoms with E-state index in [0.717, 1.165) is 30.6 Å². The monoisotopic (exact) mass is 408 g/mol. The average Bonchev–Trinajstić information content (AvgIpc) is 2.74. The second-order valence-electron chi connectivity index (χ2n) is 10.8. The number of fused-ring (bicyclic) bond motifs is 3. The quantitative estimate of drug-likeness (QED) is 0.580. The third kappa shape index (κ3) is 2.32.